The number of aryl methyl sites for hydroxylation is 1. The number of hydrogen-bond donors (Lipinski definition) is 0. The number of furan rings is 1. The fraction of sp³-hybridized carbons (Fsp3) is 0.312. The number of fused-ring (bicyclic) bond motifs is 1. The summed E-state index contributed by atoms with van der Waals surface area (Å²) in [6, 6.07) is 3.74. The molecule has 0 fully saturated rings. The molecule has 1 aliphatic rings. The number of rotatable bonds is 3. The Hall–Kier alpha value is -2.47. The van der Waals surface area contributed by atoms with Crippen LogP contribution in [-0.4, -0.2) is 31.0 Å². The van der Waals surface area contributed by atoms with Crippen molar-refractivity contribution in [3.8, 4) is 11.6 Å². The van der Waals surface area contributed by atoms with Gasteiger partial charge in [0.25, 0.3) is 0 Å². The first-order valence-corrected chi connectivity index (χ1v) is 7.36. The van der Waals surface area contributed by atoms with Gasteiger partial charge in [0.05, 0.1) is 24.0 Å². The van der Waals surface area contributed by atoms with Crippen molar-refractivity contribution >= 4 is 0 Å². The van der Waals surface area contributed by atoms with Crippen molar-refractivity contribution in [1.82, 2.24) is 24.4 Å². The van der Waals surface area contributed by atoms with Gasteiger partial charge in [0.15, 0.2) is 11.6 Å². The van der Waals surface area contributed by atoms with Crippen LogP contribution in [0.15, 0.2) is 41.5 Å². The molecule has 6 heteroatoms. The van der Waals surface area contributed by atoms with Gasteiger partial charge in [-0.3, -0.25) is 4.90 Å². The Morgan fingerprint density at radius 1 is 1.32 bits per heavy atom. The summed E-state index contributed by atoms with van der Waals surface area (Å²) in [5, 5.41) is 0. The maximum atomic E-state index is 5.37. The molecule has 3 aromatic heterocycles. The third kappa shape index (κ3) is 2.53. The van der Waals surface area contributed by atoms with Gasteiger partial charge in [0.1, 0.15) is 0 Å². The standard InChI is InChI=1S/C16H17N5O/c1-20-9-13(18-11-20)10-21-5-4-14-12(8-21)7-17-16(19-14)15-3-2-6-22-15/h2-3,6-7,9,11H,4-5,8,10H2,1H3. The van der Waals surface area contributed by atoms with Crippen molar-refractivity contribution < 1.29 is 4.42 Å². The van der Waals surface area contributed by atoms with E-state index in [1.807, 2.05) is 36.3 Å². The van der Waals surface area contributed by atoms with Crippen LogP contribution in [0.2, 0.25) is 0 Å². The van der Waals surface area contributed by atoms with Gasteiger partial charge in [0, 0.05) is 51.1 Å². The van der Waals surface area contributed by atoms with E-state index >= 15 is 0 Å². The van der Waals surface area contributed by atoms with Crippen LogP contribution < -0.4 is 0 Å². The average molecular weight is 295 g/mol. The lowest BCUT2D eigenvalue weighted by Gasteiger charge is -2.27. The second kappa shape index (κ2) is 5.38. The highest BCUT2D eigenvalue weighted by Crippen LogP contribution is 2.22. The summed E-state index contributed by atoms with van der Waals surface area (Å²) in [6.45, 7) is 2.71. The number of hydrogen-bond acceptors (Lipinski definition) is 5. The summed E-state index contributed by atoms with van der Waals surface area (Å²) >= 11 is 0. The van der Waals surface area contributed by atoms with Gasteiger partial charge in [-0.25, -0.2) is 15.0 Å². The highest BCUT2D eigenvalue weighted by Gasteiger charge is 2.19. The SMILES string of the molecule is Cn1cnc(CN2CCc3nc(-c4ccco4)ncc3C2)c1. The Labute approximate surface area is 128 Å². The first-order valence-electron chi connectivity index (χ1n) is 7.36. The molecule has 0 radical (unpaired) electrons. The molecular weight excluding hydrogens is 278 g/mol. The second-order valence-corrected chi connectivity index (χ2v) is 5.63. The molecule has 0 saturated carbocycles. The maximum absolute atomic E-state index is 5.37. The predicted molar refractivity (Wildman–Crippen MR) is 80.8 cm³/mol. The highest BCUT2D eigenvalue weighted by molar-refractivity contribution is 5.46. The lowest BCUT2D eigenvalue weighted by atomic mass is 10.1. The fourth-order valence-corrected chi connectivity index (χ4v) is 2.81. The minimum atomic E-state index is 0.668. The van der Waals surface area contributed by atoms with Crippen LogP contribution in [0, 0.1) is 0 Å². The van der Waals surface area contributed by atoms with Crippen LogP contribution >= 0.6 is 0 Å². The Bertz CT molecular complexity index is 778. The first kappa shape index (κ1) is 13.2. The number of aromatic nitrogens is 4. The number of nitrogens with zero attached hydrogens (tertiary/aromatic N) is 5. The summed E-state index contributed by atoms with van der Waals surface area (Å²) < 4.78 is 7.35. The van der Waals surface area contributed by atoms with Crippen molar-refractivity contribution in [2.24, 2.45) is 7.05 Å². The molecule has 0 aromatic carbocycles. The molecule has 0 bridgehead atoms. The van der Waals surface area contributed by atoms with Crippen LogP contribution in [0.5, 0.6) is 0 Å². The largest absolute Gasteiger partial charge is 0.461 e. The molecule has 0 spiro atoms. The van der Waals surface area contributed by atoms with E-state index in [2.05, 4.69) is 26.0 Å². The monoisotopic (exact) mass is 295 g/mol. The van der Waals surface area contributed by atoms with Gasteiger partial charge in [-0.2, -0.15) is 0 Å². The summed E-state index contributed by atoms with van der Waals surface area (Å²) in [4.78, 5) is 15.8. The van der Waals surface area contributed by atoms with E-state index in [1.54, 1.807) is 6.26 Å². The molecular formula is C16H17N5O. The molecule has 4 heterocycles. The molecule has 0 N–H and O–H groups in total. The normalized spacial score (nSPS) is 15.0. The zero-order valence-electron chi connectivity index (χ0n) is 12.4. The lowest BCUT2D eigenvalue weighted by molar-refractivity contribution is 0.240. The molecule has 22 heavy (non-hydrogen) atoms. The highest BCUT2D eigenvalue weighted by atomic mass is 16.3. The molecule has 0 atom stereocenters. The quantitative estimate of drug-likeness (QED) is 0.740. The van der Waals surface area contributed by atoms with E-state index in [4.69, 9.17) is 4.42 Å². The van der Waals surface area contributed by atoms with Gasteiger partial charge < -0.3 is 8.98 Å². The zero-order chi connectivity index (χ0) is 14.9. The van der Waals surface area contributed by atoms with Crippen LogP contribution in [0.3, 0.4) is 0 Å². The molecule has 1 aliphatic heterocycles. The third-order valence-corrected chi connectivity index (χ3v) is 3.90. The van der Waals surface area contributed by atoms with E-state index in [-0.39, 0.29) is 0 Å². The predicted octanol–water partition coefficient (Wildman–Crippen LogP) is 2.03. The molecule has 0 aliphatic carbocycles. The van der Waals surface area contributed by atoms with Gasteiger partial charge in [0.2, 0.25) is 0 Å². The fourth-order valence-electron chi connectivity index (χ4n) is 2.81. The number of imidazole rings is 1. The molecule has 3 aromatic rings. The van der Waals surface area contributed by atoms with Crippen LogP contribution in [0.25, 0.3) is 11.6 Å². The minimum absolute atomic E-state index is 0.668. The van der Waals surface area contributed by atoms with Crippen molar-refractivity contribution in [2.45, 2.75) is 19.5 Å². The zero-order valence-corrected chi connectivity index (χ0v) is 12.4. The molecule has 4 rings (SSSR count). The minimum Gasteiger partial charge on any atom is -0.461 e. The lowest BCUT2D eigenvalue weighted by Crippen LogP contribution is -2.31. The van der Waals surface area contributed by atoms with Crippen LogP contribution in [0.1, 0.15) is 17.0 Å². The summed E-state index contributed by atoms with van der Waals surface area (Å²) in [5.41, 5.74) is 3.41. The Morgan fingerprint density at radius 3 is 3.05 bits per heavy atom. The van der Waals surface area contributed by atoms with E-state index in [0.717, 1.165) is 43.2 Å². The molecule has 112 valence electrons. The van der Waals surface area contributed by atoms with Gasteiger partial charge in [-0.1, -0.05) is 0 Å². The maximum Gasteiger partial charge on any atom is 0.195 e. The van der Waals surface area contributed by atoms with Gasteiger partial charge in [-0.15, -0.1) is 0 Å². The Morgan fingerprint density at radius 2 is 2.27 bits per heavy atom. The summed E-state index contributed by atoms with van der Waals surface area (Å²) in [6.07, 6.45) is 8.40. The van der Waals surface area contributed by atoms with E-state index < -0.39 is 0 Å². The van der Waals surface area contributed by atoms with Gasteiger partial charge in [-0.05, 0) is 12.1 Å². The van der Waals surface area contributed by atoms with Crippen molar-refractivity contribution in [2.75, 3.05) is 6.54 Å². The third-order valence-electron chi connectivity index (χ3n) is 3.90. The van der Waals surface area contributed by atoms with Gasteiger partial charge >= 0.3 is 0 Å². The Kier molecular flexibility index (Phi) is 3.23. The summed E-state index contributed by atoms with van der Waals surface area (Å²) in [7, 11) is 1.99. The smallest absolute Gasteiger partial charge is 0.195 e. The van der Waals surface area contributed by atoms with E-state index in [1.165, 1.54) is 5.56 Å². The molecule has 0 unspecified atom stereocenters. The first-order chi connectivity index (χ1) is 10.8. The van der Waals surface area contributed by atoms with Crippen molar-refractivity contribution in [3.05, 3.63) is 54.1 Å². The van der Waals surface area contributed by atoms with Crippen molar-refractivity contribution in [1.29, 1.82) is 0 Å². The van der Waals surface area contributed by atoms with Crippen molar-refractivity contribution in [3.63, 3.8) is 0 Å². The molecule has 0 saturated heterocycles. The second-order valence-electron chi connectivity index (χ2n) is 5.63. The van der Waals surface area contributed by atoms with E-state index in [0.29, 0.717) is 5.82 Å². The molecule has 0 amide bonds. The van der Waals surface area contributed by atoms with Crippen LogP contribution in [-0.2, 0) is 26.6 Å². The van der Waals surface area contributed by atoms with E-state index in [9.17, 15) is 0 Å². The topological polar surface area (TPSA) is 60.0 Å². The molecule has 6 nitrogen and oxygen atoms in total. The van der Waals surface area contributed by atoms with Crippen LogP contribution in [0.4, 0.5) is 0 Å². The Balaban J connectivity index is 1.52. The summed E-state index contributed by atoms with van der Waals surface area (Å²) in [5.74, 6) is 1.39. The average Bonchev–Trinajstić information content (AvgIpc) is 3.19.